The van der Waals surface area contributed by atoms with Gasteiger partial charge in [-0.3, -0.25) is 0 Å². The summed E-state index contributed by atoms with van der Waals surface area (Å²) in [6.45, 7) is 1.83. The number of alkyl halides is 2. The average Bonchev–Trinajstić information content (AvgIpc) is 2.26. The van der Waals surface area contributed by atoms with Crippen molar-refractivity contribution in [3.63, 3.8) is 0 Å². The zero-order valence-electron chi connectivity index (χ0n) is 9.77. The van der Waals surface area contributed by atoms with E-state index >= 15 is 0 Å². The summed E-state index contributed by atoms with van der Waals surface area (Å²) >= 11 is 0. The molecule has 17 heavy (non-hydrogen) atoms. The Labute approximate surface area is 98.8 Å². The molecule has 0 spiro atoms. The van der Waals surface area contributed by atoms with Gasteiger partial charge in [-0.1, -0.05) is 6.07 Å². The first-order chi connectivity index (χ1) is 7.82. The quantitative estimate of drug-likeness (QED) is 0.802. The molecule has 4 heteroatoms. The van der Waals surface area contributed by atoms with Crippen LogP contribution in [0.2, 0.25) is 0 Å². The lowest BCUT2D eigenvalue weighted by atomic mass is 9.74. The minimum Gasteiger partial charge on any atom is -0.321 e. The molecule has 0 amide bonds. The van der Waals surface area contributed by atoms with E-state index < -0.39 is 11.5 Å². The third kappa shape index (κ3) is 2.46. The van der Waals surface area contributed by atoms with Gasteiger partial charge in [0, 0.05) is 18.4 Å². The number of nitrogens with two attached hydrogens (primary N) is 1. The predicted octanol–water partition coefficient (Wildman–Crippen LogP) is 3.50. The maximum absolute atomic E-state index is 13.2. The second-order valence-corrected chi connectivity index (χ2v) is 4.97. The maximum atomic E-state index is 13.2. The van der Waals surface area contributed by atoms with E-state index in [4.69, 9.17) is 5.73 Å². The van der Waals surface area contributed by atoms with E-state index in [2.05, 4.69) is 0 Å². The maximum Gasteiger partial charge on any atom is 0.248 e. The van der Waals surface area contributed by atoms with Crippen LogP contribution in [0, 0.1) is 12.7 Å². The van der Waals surface area contributed by atoms with Gasteiger partial charge in [-0.25, -0.2) is 13.2 Å². The number of halogens is 3. The summed E-state index contributed by atoms with van der Waals surface area (Å²) in [6.07, 6.45) is -0.0481. The van der Waals surface area contributed by atoms with E-state index in [0.29, 0.717) is 5.56 Å². The summed E-state index contributed by atoms with van der Waals surface area (Å²) in [4.78, 5) is 0. The Bertz CT molecular complexity index is 419. The summed E-state index contributed by atoms with van der Waals surface area (Å²) in [5.74, 6) is -2.99. The Hall–Kier alpha value is -1.03. The van der Waals surface area contributed by atoms with Crippen molar-refractivity contribution in [3.8, 4) is 0 Å². The van der Waals surface area contributed by atoms with Crippen LogP contribution in [-0.4, -0.2) is 5.92 Å². The molecule has 0 bridgehead atoms. The lowest BCUT2D eigenvalue weighted by Crippen LogP contribution is -2.44. The largest absolute Gasteiger partial charge is 0.321 e. The van der Waals surface area contributed by atoms with Crippen LogP contribution in [0.4, 0.5) is 13.2 Å². The molecule has 1 aliphatic carbocycles. The molecule has 1 aromatic rings. The summed E-state index contributed by atoms with van der Waals surface area (Å²) in [5.41, 5.74) is 6.88. The molecule has 1 nitrogen and oxygen atoms in total. The lowest BCUT2D eigenvalue weighted by molar-refractivity contribution is -0.0515. The molecule has 0 aromatic heterocycles. The van der Waals surface area contributed by atoms with Crippen molar-refractivity contribution in [2.75, 3.05) is 0 Å². The van der Waals surface area contributed by atoms with Crippen molar-refractivity contribution in [2.45, 2.75) is 44.1 Å². The zero-order valence-corrected chi connectivity index (χ0v) is 9.77. The molecule has 0 radical (unpaired) electrons. The summed E-state index contributed by atoms with van der Waals surface area (Å²) in [6, 6.07) is 4.38. The van der Waals surface area contributed by atoms with Crippen LogP contribution in [0.1, 0.15) is 36.8 Å². The molecule has 94 valence electrons. The van der Waals surface area contributed by atoms with Gasteiger partial charge in [0.1, 0.15) is 5.82 Å². The molecular weight excluding hydrogens is 227 g/mol. The number of benzene rings is 1. The first kappa shape index (κ1) is 12.4. The molecule has 1 aromatic carbocycles. The van der Waals surface area contributed by atoms with Crippen molar-refractivity contribution < 1.29 is 13.2 Å². The number of aryl methyl sites for hydroxylation is 1. The van der Waals surface area contributed by atoms with E-state index in [0.717, 1.165) is 5.56 Å². The van der Waals surface area contributed by atoms with Gasteiger partial charge in [0.2, 0.25) is 5.92 Å². The minimum absolute atomic E-state index is 0.199. The zero-order chi connectivity index (χ0) is 12.7. The fourth-order valence-corrected chi connectivity index (χ4v) is 2.46. The van der Waals surface area contributed by atoms with Crippen LogP contribution in [0.25, 0.3) is 0 Å². The van der Waals surface area contributed by atoms with Crippen LogP contribution in [0.3, 0.4) is 0 Å². The van der Waals surface area contributed by atoms with Crippen LogP contribution in [-0.2, 0) is 5.54 Å². The highest BCUT2D eigenvalue weighted by molar-refractivity contribution is 5.33. The Morgan fingerprint density at radius 2 is 1.71 bits per heavy atom. The van der Waals surface area contributed by atoms with Crippen LogP contribution in [0.5, 0.6) is 0 Å². The van der Waals surface area contributed by atoms with Gasteiger partial charge < -0.3 is 5.73 Å². The number of hydrogen-bond donors (Lipinski definition) is 1. The van der Waals surface area contributed by atoms with Gasteiger partial charge in [-0.15, -0.1) is 0 Å². The second-order valence-electron chi connectivity index (χ2n) is 4.97. The van der Waals surface area contributed by atoms with Gasteiger partial charge in [-0.2, -0.15) is 0 Å². The van der Waals surface area contributed by atoms with Crippen molar-refractivity contribution >= 4 is 0 Å². The van der Waals surface area contributed by atoms with Crippen LogP contribution in [0.15, 0.2) is 18.2 Å². The normalized spacial score (nSPS) is 22.4. The highest BCUT2D eigenvalue weighted by atomic mass is 19.3. The first-order valence-electron chi connectivity index (χ1n) is 5.76. The Morgan fingerprint density at radius 1 is 1.12 bits per heavy atom. The van der Waals surface area contributed by atoms with Gasteiger partial charge in [0.05, 0.1) is 0 Å². The van der Waals surface area contributed by atoms with Crippen molar-refractivity contribution in [1.29, 1.82) is 0 Å². The standard InChI is InChI=1S/C13H16F3N/c1-9-2-3-10(14)8-11(9)12(17)4-6-13(15,16)7-5-12/h2-3,8H,4-7,17H2,1H3. The van der Waals surface area contributed by atoms with Gasteiger partial charge in [0.15, 0.2) is 0 Å². The molecular formula is C13H16F3N. The Balaban J connectivity index is 2.30. The molecule has 2 rings (SSSR count). The molecule has 0 unspecified atom stereocenters. The van der Waals surface area contributed by atoms with Crippen molar-refractivity contribution in [1.82, 2.24) is 0 Å². The summed E-state index contributed by atoms with van der Waals surface area (Å²) in [5, 5.41) is 0. The van der Waals surface area contributed by atoms with Crippen LogP contribution < -0.4 is 5.73 Å². The van der Waals surface area contributed by atoms with E-state index in [1.54, 1.807) is 6.07 Å². The fraction of sp³-hybridized carbons (Fsp3) is 0.538. The highest BCUT2D eigenvalue weighted by Crippen LogP contribution is 2.43. The molecule has 0 heterocycles. The van der Waals surface area contributed by atoms with Crippen molar-refractivity contribution in [2.24, 2.45) is 5.73 Å². The monoisotopic (exact) mass is 243 g/mol. The first-order valence-corrected chi connectivity index (χ1v) is 5.76. The van der Waals surface area contributed by atoms with E-state index in [-0.39, 0.29) is 31.5 Å². The minimum atomic E-state index is -2.62. The number of hydrogen-bond acceptors (Lipinski definition) is 1. The molecule has 1 fully saturated rings. The van der Waals surface area contributed by atoms with Gasteiger partial charge in [-0.05, 0) is 43.0 Å². The second kappa shape index (κ2) is 4.02. The Kier molecular flexibility index (Phi) is 2.94. The topological polar surface area (TPSA) is 26.0 Å². The Morgan fingerprint density at radius 3 is 2.29 bits per heavy atom. The van der Waals surface area contributed by atoms with Gasteiger partial charge in [0.25, 0.3) is 0 Å². The molecule has 2 N–H and O–H groups in total. The van der Waals surface area contributed by atoms with E-state index in [1.165, 1.54) is 12.1 Å². The van der Waals surface area contributed by atoms with Crippen molar-refractivity contribution in [3.05, 3.63) is 35.1 Å². The SMILES string of the molecule is Cc1ccc(F)cc1C1(N)CCC(F)(F)CC1. The molecule has 1 aliphatic rings. The van der Waals surface area contributed by atoms with Gasteiger partial charge >= 0.3 is 0 Å². The molecule has 0 saturated heterocycles. The number of rotatable bonds is 1. The van der Waals surface area contributed by atoms with Crippen LogP contribution >= 0.6 is 0 Å². The molecule has 0 atom stereocenters. The molecule has 0 aliphatic heterocycles. The summed E-state index contributed by atoms with van der Waals surface area (Å²) < 4.78 is 39.4. The van der Waals surface area contributed by atoms with E-state index in [1.807, 2.05) is 6.92 Å². The smallest absolute Gasteiger partial charge is 0.248 e. The third-order valence-corrected chi connectivity index (χ3v) is 3.61. The molecule has 1 saturated carbocycles. The predicted molar refractivity (Wildman–Crippen MR) is 60.4 cm³/mol. The fourth-order valence-electron chi connectivity index (χ4n) is 2.46. The highest BCUT2D eigenvalue weighted by Gasteiger charge is 2.42. The lowest BCUT2D eigenvalue weighted by Gasteiger charge is -2.38. The average molecular weight is 243 g/mol. The van der Waals surface area contributed by atoms with E-state index in [9.17, 15) is 13.2 Å². The third-order valence-electron chi connectivity index (χ3n) is 3.61. The summed E-state index contributed by atoms with van der Waals surface area (Å²) in [7, 11) is 0.